The van der Waals surface area contributed by atoms with Crippen molar-refractivity contribution in [2.45, 2.75) is 25.7 Å². The molecule has 41 heavy (non-hydrogen) atoms. The van der Waals surface area contributed by atoms with E-state index >= 15 is 0 Å². The van der Waals surface area contributed by atoms with Crippen LogP contribution >= 0.6 is 0 Å². The first-order valence-electron chi connectivity index (χ1n) is 14.5. The molecule has 0 unspecified atom stereocenters. The summed E-state index contributed by atoms with van der Waals surface area (Å²) in [6, 6.07) is 12.0. The molecule has 2 aromatic carbocycles. The summed E-state index contributed by atoms with van der Waals surface area (Å²) in [6.45, 7) is 7.02. The smallest absolute Gasteiger partial charge is 0.146 e. The highest BCUT2D eigenvalue weighted by molar-refractivity contribution is 5.73. The van der Waals surface area contributed by atoms with E-state index < -0.39 is 0 Å². The number of hydrogen-bond acceptors (Lipinski definition) is 10. The van der Waals surface area contributed by atoms with Crippen LogP contribution in [0, 0.1) is 0 Å². The van der Waals surface area contributed by atoms with Crippen molar-refractivity contribution in [1.29, 1.82) is 0 Å². The summed E-state index contributed by atoms with van der Waals surface area (Å²) < 4.78 is 45.8. The molecule has 0 bridgehead atoms. The van der Waals surface area contributed by atoms with Gasteiger partial charge in [0.05, 0.1) is 33.1 Å². The van der Waals surface area contributed by atoms with E-state index in [-0.39, 0.29) is 0 Å². The first kappa shape index (κ1) is 32.6. The van der Waals surface area contributed by atoms with E-state index in [0.717, 1.165) is 73.1 Å². The van der Waals surface area contributed by atoms with Gasteiger partial charge in [0.2, 0.25) is 0 Å². The van der Waals surface area contributed by atoms with Crippen LogP contribution in [0.5, 0.6) is 23.0 Å². The van der Waals surface area contributed by atoms with E-state index in [1.54, 1.807) is 28.4 Å². The SMILES string of the molecule is COCCCOc1cccc(OCCCOC)c1N1CCN(c2c(OCCCOC)cccc2OCCCOC)C1. The van der Waals surface area contributed by atoms with Crippen LogP contribution in [0.3, 0.4) is 0 Å². The zero-order valence-corrected chi connectivity index (χ0v) is 25.2. The van der Waals surface area contributed by atoms with Gasteiger partial charge in [-0.05, 0) is 24.3 Å². The number of anilines is 2. The topological polar surface area (TPSA) is 80.3 Å². The summed E-state index contributed by atoms with van der Waals surface area (Å²) in [6.07, 6.45) is 3.22. The Labute approximate surface area is 245 Å². The average molecular weight is 577 g/mol. The summed E-state index contributed by atoms with van der Waals surface area (Å²) in [4.78, 5) is 4.60. The largest absolute Gasteiger partial charge is 0.491 e. The molecule has 1 aliphatic rings. The Morgan fingerprint density at radius 3 is 1.02 bits per heavy atom. The molecule has 10 heteroatoms. The second-order valence-corrected chi connectivity index (χ2v) is 9.65. The Bertz CT molecular complexity index is 855. The van der Waals surface area contributed by atoms with Crippen molar-refractivity contribution in [3.8, 4) is 23.0 Å². The van der Waals surface area contributed by atoms with Gasteiger partial charge in [-0.15, -0.1) is 0 Å². The molecular formula is C31H48N2O8. The van der Waals surface area contributed by atoms with Crippen LogP contribution in [0.4, 0.5) is 11.4 Å². The first-order valence-corrected chi connectivity index (χ1v) is 14.5. The summed E-state index contributed by atoms with van der Waals surface area (Å²) in [5.41, 5.74) is 1.90. The first-order chi connectivity index (χ1) is 20.2. The van der Waals surface area contributed by atoms with E-state index in [2.05, 4.69) is 9.80 Å². The fourth-order valence-corrected chi connectivity index (χ4v) is 4.59. The van der Waals surface area contributed by atoms with Gasteiger partial charge in [-0.3, -0.25) is 0 Å². The molecule has 1 aliphatic heterocycles. The molecule has 1 saturated heterocycles. The third kappa shape index (κ3) is 10.5. The number of hydrogen-bond donors (Lipinski definition) is 0. The van der Waals surface area contributed by atoms with Gasteiger partial charge in [0.15, 0.2) is 0 Å². The van der Waals surface area contributed by atoms with E-state index in [1.165, 1.54) is 0 Å². The third-order valence-electron chi connectivity index (χ3n) is 6.54. The van der Waals surface area contributed by atoms with Gasteiger partial charge >= 0.3 is 0 Å². The maximum absolute atomic E-state index is 6.24. The van der Waals surface area contributed by atoms with Crippen molar-refractivity contribution in [2.24, 2.45) is 0 Å². The lowest BCUT2D eigenvalue weighted by Gasteiger charge is -2.27. The summed E-state index contributed by atoms with van der Waals surface area (Å²) in [5.74, 6) is 3.19. The molecule has 0 radical (unpaired) electrons. The number of para-hydroxylation sites is 2. The van der Waals surface area contributed by atoms with Gasteiger partial charge in [-0.1, -0.05) is 12.1 Å². The van der Waals surface area contributed by atoms with Gasteiger partial charge in [0, 0.05) is 93.6 Å². The lowest BCUT2D eigenvalue weighted by atomic mass is 10.2. The van der Waals surface area contributed by atoms with E-state index in [1.807, 2.05) is 36.4 Å². The molecule has 0 amide bonds. The zero-order chi connectivity index (χ0) is 29.1. The highest BCUT2D eigenvalue weighted by Gasteiger charge is 2.29. The van der Waals surface area contributed by atoms with Crippen LogP contribution < -0.4 is 28.7 Å². The summed E-state index contributed by atoms with van der Waals surface area (Å²) >= 11 is 0. The Morgan fingerprint density at radius 2 is 0.756 bits per heavy atom. The minimum Gasteiger partial charge on any atom is -0.491 e. The molecule has 3 rings (SSSR count). The van der Waals surface area contributed by atoms with Crippen molar-refractivity contribution in [2.75, 3.05) is 111 Å². The minimum atomic E-state index is 0.559. The number of methoxy groups -OCH3 is 4. The Kier molecular flexibility index (Phi) is 15.3. The summed E-state index contributed by atoms with van der Waals surface area (Å²) in [7, 11) is 6.81. The number of nitrogens with zero attached hydrogens (tertiary/aromatic N) is 2. The van der Waals surface area contributed by atoms with Crippen LogP contribution in [0.15, 0.2) is 36.4 Å². The molecular weight excluding hydrogens is 528 g/mol. The molecule has 10 nitrogen and oxygen atoms in total. The van der Waals surface area contributed by atoms with Crippen LogP contribution in [0.1, 0.15) is 25.7 Å². The Hall–Kier alpha value is -2.92. The second kappa shape index (κ2) is 19.2. The predicted octanol–water partition coefficient (Wildman–Crippen LogP) is 4.63. The van der Waals surface area contributed by atoms with E-state index in [0.29, 0.717) is 59.5 Å². The summed E-state index contributed by atoms with van der Waals surface area (Å²) in [5, 5.41) is 0. The van der Waals surface area contributed by atoms with Crippen LogP contribution in [0.2, 0.25) is 0 Å². The fourth-order valence-electron chi connectivity index (χ4n) is 4.59. The molecule has 0 saturated carbocycles. The maximum Gasteiger partial charge on any atom is 0.146 e. The number of benzene rings is 2. The molecule has 0 atom stereocenters. The molecule has 0 aliphatic carbocycles. The van der Waals surface area contributed by atoms with E-state index in [9.17, 15) is 0 Å². The molecule has 2 aromatic rings. The zero-order valence-electron chi connectivity index (χ0n) is 25.2. The normalized spacial score (nSPS) is 13.1. The lowest BCUT2D eigenvalue weighted by Crippen LogP contribution is -2.27. The Morgan fingerprint density at radius 1 is 0.463 bits per heavy atom. The van der Waals surface area contributed by atoms with Gasteiger partial charge in [-0.25, -0.2) is 0 Å². The minimum absolute atomic E-state index is 0.559. The van der Waals surface area contributed by atoms with Gasteiger partial charge in [-0.2, -0.15) is 0 Å². The number of ether oxygens (including phenoxy) is 8. The highest BCUT2D eigenvalue weighted by atomic mass is 16.5. The highest BCUT2D eigenvalue weighted by Crippen LogP contribution is 2.43. The third-order valence-corrected chi connectivity index (χ3v) is 6.54. The standard InChI is InChI=1S/C31H48N2O8/c1-34-17-7-21-38-26-11-5-12-27(39-22-8-18-35-2)30(26)32-15-16-33(25-32)31-28(40-23-9-19-36-3)13-6-14-29(31)41-24-10-20-37-4/h5-6,11-14H,7-10,15-25H2,1-4H3. The molecule has 1 fully saturated rings. The van der Waals surface area contributed by atoms with E-state index in [4.69, 9.17) is 37.9 Å². The van der Waals surface area contributed by atoms with Crippen LogP contribution in [0.25, 0.3) is 0 Å². The Balaban J connectivity index is 1.84. The van der Waals surface area contributed by atoms with Crippen molar-refractivity contribution < 1.29 is 37.9 Å². The second-order valence-electron chi connectivity index (χ2n) is 9.65. The predicted molar refractivity (Wildman–Crippen MR) is 160 cm³/mol. The molecule has 1 heterocycles. The molecule has 230 valence electrons. The van der Waals surface area contributed by atoms with Crippen molar-refractivity contribution in [3.05, 3.63) is 36.4 Å². The van der Waals surface area contributed by atoms with Gasteiger partial charge in [0.1, 0.15) is 34.4 Å². The maximum atomic E-state index is 6.24. The van der Waals surface area contributed by atoms with Crippen LogP contribution in [-0.2, 0) is 18.9 Å². The monoisotopic (exact) mass is 576 g/mol. The molecule has 0 spiro atoms. The van der Waals surface area contributed by atoms with Crippen molar-refractivity contribution in [3.63, 3.8) is 0 Å². The lowest BCUT2D eigenvalue weighted by molar-refractivity contribution is 0.170. The number of rotatable bonds is 22. The molecule has 0 N–H and O–H groups in total. The fraction of sp³-hybridized carbons (Fsp3) is 0.613. The van der Waals surface area contributed by atoms with Gasteiger partial charge in [0.25, 0.3) is 0 Å². The average Bonchev–Trinajstić information content (AvgIpc) is 3.47. The van der Waals surface area contributed by atoms with Crippen LogP contribution in [-0.4, -0.2) is 101 Å². The molecule has 0 aromatic heterocycles. The van der Waals surface area contributed by atoms with Crippen molar-refractivity contribution >= 4 is 11.4 Å². The van der Waals surface area contributed by atoms with Gasteiger partial charge < -0.3 is 47.7 Å². The van der Waals surface area contributed by atoms with Crippen molar-refractivity contribution in [1.82, 2.24) is 0 Å². The quantitative estimate of drug-likeness (QED) is 0.185.